The van der Waals surface area contributed by atoms with Crippen LogP contribution >= 0.6 is 0 Å². The van der Waals surface area contributed by atoms with Crippen LogP contribution in [0.25, 0.3) is 11.1 Å². The summed E-state index contributed by atoms with van der Waals surface area (Å²) in [6, 6.07) is 18.5. The SMILES string of the molecule is COC(=O)[C@@H](CCCCC#N)NC(=O)c1ccc(-c2ccccc2)cc1. The zero-order valence-corrected chi connectivity index (χ0v) is 14.8. The third-order valence-electron chi connectivity index (χ3n) is 4.08. The van der Waals surface area contributed by atoms with E-state index in [0.717, 1.165) is 11.1 Å². The minimum atomic E-state index is -0.708. The molecule has 5 nitrogen and oxygen atoms in total. The maximum Gasteiger partial charge on any atom is 0.328 e. The molecule has 0 saturated carbocycles. The largest absolute Gasteiger partial charge is 0.467 e. The van der Waals surface area contributed by atoms with Crippen LogP contribution in [0.15, 0.2) is 54.6 Å². The van der Waals surface area contributed by atoms with Crippen LogP contribution < -0.4 is 5.32 Å². The van der Waals surface area contributed by atoms with Crippen molar-refractivity contribution < 1.29 is 14.3 Å². The number of carbonyl (C=O) groups excluding carboxylic acids is 2. The summed E-state index contributed by atoms with van der Waals surface area (Å²) in [4.78, 5) is 24.3. The summed E-state index contributed by atoms with van der Waals surface area (Å²) in [6.45, 7) is 0. The molecule has 0 spiro atoms. The smallest absolute Gasteiger partial charge is 0.328 e. The summed E-state index contributed by atoms with van der Waals surface area (Å²) in [5.74, 6) is -0.795. The molecule has 0 aliphatic rings. The molecule has 0 radical (unpaired) electrons. The molecule has 0 unspecified atom stereocenters. The van der Waals surface area contributed by atoms with Gasteiger partial charge in [0, 0.05) is 12.0 Å². The summed E-state index contributed by atoms with van der Waals surface area (Å²) in [7, 11) is 1.30. The van der Waals surface area contributed by atoms with Gasteiger partial charge in [0.1, 0.15) is 6.04 Å². The molecule has 134 valence electrons. The average molecular weight is 350 g/mol. The van der Waals surface area contributed by atoms with Crippen LogP contribution in [0.1, 0.15) is 36.0 Å². The molecular formula is C21H22N2O3. The van der Waals surface area contributed by atoms with Crippen LogP contribution in [0.5, 0.6) is 0 Å². The third-order valence-corrected chi connectivity index (χ3v) is 4.08. The fraction of sp³-hybridized carbons (Fsp3) is 0.286. The number of nitrogens with zero attached hydrogens (tertiary/aromatic N) is 1. The molecule has 2 rings (SSSR count). The van der Waals surface area contributed by atoms with Gasteiger partial charge in [-0.1, -0.05) is 42.5 Å². The number of rotatable bonds is 8. The zero-order chi connectivity index (χ0) is 18.8. The maximum atomic E-state index is 12.4. The molecule has 0 aromatic heterocycles. The molecule has 26 heavy (non-hydrogen) atoms. The van der Waals surface area contributed by atoms with E-state index in [1.807, 2.05) is 42.5 Å². The van der Waals surface area contributed by atoms with Crippen molar-refractivity contribution in [3.8, 4) is 17.2 Å². The molecular weight excluding hydrogens is 328 g/mol. The van der Waals surface area contributed by atoms with Crippen molar-refractivity contribution >= 4 is 11.9 Å². The molecule has 0 aliphatic carbocycles. The van der Waals surface area contributed by atoms with Crippen LogP contribution in [0.2, 0.25) is 0 Å². The Kier molecular flexibility index (Phi) is 7.38. The Morgan fingerprint density at radius 2 is 1.69 bits per heavy atom. The van der Waals surface area contributed by atoms with Crippen LogP contribution in [-0.2, 0) is 9.53 Å². The lowest BCUT2D eigenvalue weighted by atomic mass is 10.0. The van der Waals surface area contributed by atoms with Crippen molar-refractivity contribution in [2.45, 2.75) is 31.7 Å². The molecule has 1 atom stereocenters. The van der Waals surface area contributed by atoms with Gasteiger partial charge in [0.25, 0.3) is 5.91 Å². The highest BCUT2D eigenvalue weighted by molar-refractivity contribution is 5.97. The zero-order valence-electron chi connectivity index (χ0n) is 14.8. The van der Waals surface area contributed by atoms with Crippen LogP contribution in [0, 0.1) is 11.3 Å². The predicted molar refractivity (Wildman–Crippen MR) is 99.2 cm³/mol. The first-order valence-corrected chi connectivity index (χ1v) is 8.57. The van der Waals surface area contributed by atoms with Crippen LogP contribution in [0.4, 0.5) is 0 Å². The summed E-state index contributed by atoms with van der Waals surface area (Å²) < 4.78 is 4.76. The van der Waals surface area contributed by atoms with Crippen LogP contribution in [-0.4, -0.2) is 25.0 Å². The van der Waals surface area contributed by atoms with Gasteiger partial charge in [-0.15, -0.1) is 0 Å². The number of benzene rings is 2. The van der Waals surface area contributed by atoms with Crippen molar-refractivity contribution in [3.63, 3.8) is 0 Å². The van der Waals surface area contributed by atoms with Crippen molar-refractivity contribution in [1.82, 2.24) is 5.32 Å². The van der Waals surface area contributed by atoms with Crippen molar-refractivity contribution in [2.75, 3.05) is 7.11 Å². The fourth-order valence-corrected chi connectivity index (χ4v) is 2.63. The summed E-state index contributed by atoms with van der Waals surface area (Å²) in [5.41, 5.74) is 2.57. The van der Waals surface area contributed by atoms with Crippen LogP contribution in [0.3, 0.4) is 0 Å². The topological polar surface area (TPSA) is 79.2 Å². The highest BCUT2D eigenvalue weighted by Crippen LogP contribution is 2.19. The number of ether oxygens (including phenoxy) is 1. The van der Waals surface area contributed by atoms with Crippen molar-refractivity contribution in [2.24, 2.45) is 0 Å². The van der Waals surface area contributed by atoms with Gasteiger partial charge in [-0.05, 0) is 42.5 Å². The van der Waals surface area contributed by atoms with Gasteiger partial charge in [0.2, 0.25) is 0 Å². The first-order chi connectivity index (χ1) is 12.7. The number of amides is 1. The second-order valence-corrected chi connectivity index (χ2v) is 5.90. The highest BCUT2D eigenvalue weighted by atomic mass is 16.5. The molecule has 0 bridgehead atoms. The van der Waals surface area contributed by atoms with Crippen molar-refractivity contribution in [1.29, 1.82) is 5.26 Å². The fourth-order valence-electron chi connectivity index (χ4n) is 2.63. The van der Waals surface area contributed by atoms with E-state index in [1.54, 1.807) is 12.1 Å². The van der Waals surface area contributed by atoms with Gasteiger partial charge < -0.3 is 10.1 Å². The Labute approximate surface area is 153 Å². The molecule has 1 N–H and O–H groups in total. The van der Waals surface area contributed by atoms with Gasteiger partial charge >= 0.3 is 5.97 Å². The average Bonchev–Trinajstić information content (AvgIpc) is 2.70. The standard InChI is InChI=1S/C21H22N2O3/c1-26-21(25)19(10-6-3-7-15-22)23-20(24)18-13-11-17(12-14-18)16-8-4-2-5-9-16/h2,4-5,8-9,11-14,19H,3,6-7,10H2,1H3,(H,23,24)/t19-/m1/s1. The number of methoxy groups -OCH3 is 1. The van der Waals surface area contributed by atoms with E-state index < -0.39 is 12.0 Å². The molecule has 0 aliphatic heterocycles. The van der Waals surface area contributed by atoms with E-state index in [9.17, 15) is 9.59 Å². The number of nitriles is 1. The highest BCUT2D eigenvalue weighted by Gasteiger charge is 2.21. The lowest BCUT2D eigenvalue weighted by molar-refractivity contribution is -0.143. The molecule has 0 fully saturated rings. The Bertz CT molecular complexity index is 764. The molecule has 2 aromatic carbocycles. The van der Waals surface area contributed by atoms with Gasteiger partial charge in [-0.3, -0.25) is 4.79 Å². The molecule has 0 heterocycles. The second kappa shape index (κ2) is 10.00. The van der Waals surface area contributed by atoms with E-state index in [-0.39, 0.29) is 5.91 Å². The summed E-state index contributed by atoms with van der Waals surface area (Å²) >= 11 is 0. The van der Waals surface area contributed by atoms with E-state index in [2.05, 4.69) is 11.4 Å². The molecule has 1 amide bonds. The van der Waals surface area contributed by atoms with E-state index in [1.165, 1.54) is 7.11 Å². The molecule has 5 heteroatoms. The van der Waals surface area contributed by atoms with Gasteiger partial charge in [-0.25, -0.2) is 4.79 Å². The van der Waals surface area contributed by atoms with Crippen molar-refractivity contribution in [3.05, 3.63) is 60.2 Å². The first-order valence-electron chi connectivity index (χ1n) is 8.57. The van der Waals surface area contributed by atoms with Gasteiger partial charge in [-0.2, -0.15) is 5.26 Å². The summed E-state index contributed by atoms with van der Waals surface area (Å²) in [6.07, 6.45) is 2.23. The molecule has 0 saturated heterocycles. The Balaban J connectivity index is 2.01. The Morgan fingerprint density at radius 1 is 1.04 bits per heavy atom. The normalized spacial score (nSPS) is 11.2. The van der Waals surface area contributed by atoms with Gasteiger partial charge in [0.05, 0.1) is 13.2 Å². The lowest BCUT2D eigenvalue weighted by Crippen LogP contribution is -2.41. The number of hydrogen-bond donors (Lipinski definition) is 1. The Hall–Kier alpha value is -3.13. The predicted octanol–water partition coefficient (Wildman–Crippen LogP) is 3.71. The van der Waals surface area contributed by atoms with E-state index >= 15 is 0 Å². The quantitative estimate of drug-likeness (QED) is 0.581. The minimum absolute atomic E-state index is 0.319. The van der Waals surface area contributed by atoms with E-state index in [0.29, 0.717) is 31.2 Å². The monoisotopic (exact) mass is 350 g/mol. The number of esters is 1. The first kappa shape index (κ1) is 19.2. The lowest BCUT2D eigenvalue weighted by Gasteiger charge is -2.16. The summed E-state index contributed by atoms with van der Waals surface area (Å²) in [5, 5.41) is 11.3. The second-order valence-electron chi connectivity index (χ2n) is 5.90. The Morgan fingerprint density at radius 3 is 2.31 bits per heavy atom. The number of carbonyl (C=O) groups is 2. The molecule has 2 aromatic rings. The number of unbranched alkanes of at least 4 members (excludes halogenated alkanes) is 2. The number of hydrogen-bond acceptors (Lipinski definition) is 4. The minimum Gasteiger partial charge on any atom is -0.467 e. The third kappa shape index (κ3) is 5.45. The van der Waals surface area contributed by atoms with Gasteiger partial charge in [0.15, 0.2) is 0 Å². The number of nitrogens with one attached hydrogen (secondary N) is 1. The van der Waals surface area contributed by atoms with E-state index in [4.69, 9.17) is 10.00 Å². The maximum absolute atomic E-state index is 12.4.